The van der Waals surface area contributed by atoms with Crippen LogP contribution < -0.4 is 5.32 Å². The molecule has 6 nitrogen and oxygen atoms in total. The van der Waals surface area contributed by atoms with Crippen LogP contribution in [0.3, 0.4) is 0 Å². The molecule has 0 fully saturated rings. The molecule has 0 bridgehead atoms. The van der Waals surface area contributed by atoms with E-state index in [0.29, 0.717) is 13.1 Å². The minimum atomic E-state index is -0.353. The lowest BCUT2D eigenvalue weighted by Crippen LogP contribution is -2.53. The summed E-state index contributed by atoms with van der Waals surface area (Å²) in [7, 11) is 0. The van der Waals surface area contributed by atoms with E-state index in [-0.39, 0.29) is 36.0 Å². The van der Waals surface area contributed by atoms with Crippen LogP contribution in [0.15, 0.2) is 48.7 Å². The Hall–Kier alpha value is -2.76. The van der Waals surface area contributed by atoms with Crippen molar-refractivity contribution >= 4 is 11.9 Å². The number of benzene rings is 1. The molecule has 1 aliphatic rings. The first kappa shape index (κ1) is 21.9. The second kappa shape index (κ2) is 8.94. The molecule has 1 aromatic carbocycles. The summed E-state index contributed by atoms with van der Waals surface area (Å²) >= 11 is 0. The fourth-order valence-electron chi connectivity index (χ4n) is 3.95. The van der Waals surface area contributed by atoms with E-state index in [1.807, 2.05) is 49.9 Å². The van der Waals surface area contributed by atoms with E-state index in [4.69, 9.17) is 0 Å². The van der Waals surface area contributed by atoms with Crippen molar-refractivity contribution in [1.82, 2.24) is 19.7 Å². The van der Waals surface area contributed by atoms with Crippen LogP contribution in [0.4, 0.5) is 4.79 Å². The van der Waals surface area contributed by atoms with Gasteiger partial charge < -0.3 is 19.7 Å². The average molecular weight is 411 g/mol. The Kier molecular flexibility index (Phi) is 6.54. The number of urea groups is 1. The number of carbonyl (C=O) groups excluding carboxylic acids is 2. The Morgan fingerprint density at radius 1 is 1.10 bits per heavy atom. The molecule has 2 heterocycles. The molecule has 0 unspecified atom stereocenters. The minimum Gasteiger partial charge on any atom is -0.348 e. The number of fused-ring (bicyclic) bond motifs is 1. The molecule has 162 valence electrons. The highest BCUT2D eigenvalue weighted by Crippen LogP contribution is 2.32. The smallest absolute Gasteiger partial charge is 0.318 e. The Morgan fingerprint density at radius 2 is 1.80 bits per heavy atom. The van der Waals surface area contributed by atoms with E-state index in [1.54, 1.807) is 4.90 Å². The van der Waals surface area contributed by atoms with Gasteiger partial charge in [0.15, 0.2) is 0 Å². The van der Waals surface area contributed by atoms with Crippen molar-refractivity contribution in [1.29, 1.82) is 0 Å². The predicted octanol–water partition coefficient (Wildman–Crippen LogP) is 3.89. The number of nitrogens with one attached hydrogen (secondary N) is 1. The van der Waals surface area contributed by atoms with Gasteiger partial charge in [-0.1, -0.05) is 44.2 Å². The Labute approximate surface area is 179 Å². The van der Waals surface area contributed by atoms with Crippen molar-refractivity contribution in [3.63, 3.8) is 0 Å². The van der Waals surface area contributed by atoms with Gasteiger partial charge >= 0.3 is 6.03 Å². The lowest BCUT2D eigenvalue weighted by molar-refractivity contribution is -0.134. The van der Waals surface area contributed by atoms with Gasteiger partial charge in [-0.3, -0.25) is 4.79 Å². The first-order valence-corrected chi connectivity index (χ1v) is 10.7. The lowest BCUT2D eigenvalue weighted by Gasteiger charge is -2.39. The standard InChI is InChI=1S/C24H34N4O2/c1-18(2)16-27(23(30)25-24(3,4)5)17-21(29)28-15-14-26-13-9-12-20(26)22(28)19-10-7-6-8-11-19/h6-13,18,22H,14-17H2,1-5H3,(H,25,30)/t22-/m0/s1. The largest absolute Gasteiger partial charge is 0.348 e. The molecular weight excluding hydrogens is 376 g/mol. The SMILES string of the molecule is CC(C)CN(CC(=O)N1CCn2cccc2[C@@H]1c1ccccc1)C(=O)NC(C)(C)C. The molecule has 1 N–H and O–H groups in total. The maximum Gasteiger partial charge on any atom is 0.318 e. The molecule has 1 aliphatic heterocycles. The van der Waals surface area contributed by atoms with Gasteiger partial charge in [-0.25, -0.2) is 4.79 Å². The first-order chi connectivity index (χ1) is 14.2. The summed E-state index contributed by atoms with van der Waals surface area (Å²) in [5.74, 6) is 0.244. The fraction of sp³-hybridized carbons (Fsp3) is 0.500. The van der Waals surface area contributed by atoms with Gasteiger partial charge in [0.1, 0.15) is 6.54 Å². The number of nitrogens with zero attached hydrogens (tertiary/aromatic N) is 3. The van der Waals surface area contributed by atoms with E-state index in [2.05, 4.69) is 48.1 Å². The van der Waals surface area contributed by atoms with Gasteiger partial charge in [-0.2, -0.15) is 0 Å². The summed E-state index contributed by atoms with van der Waals surface area (Å²) in [6.45, 7) is 12.0. The summed E-state index contributed by atoms with van der Waals surface area (Å²) in [5.41, 5.74) is 1.84. The summed E-state index contributed by atoms with van der Waals surface area (Å²) in [4.78, 5) is 29.9. The van der Waals surface area contributed by atoms with Gasteiger partial charge in [0, 0.05) is 37.1 Å². The molecule has 2 aromatic rings. The van der Waals surface area contributed by atoms with Crippen molar-refractivity contribution in [3.05, 3.63) is 59.9 Å². The van der Waals surface area contributed by atoms with Crippen molar-refractivity contribution < 1.29 is 9.59 Å². The number of carbonyl (C=O) groups is 2. The van der Waals surface area contributed by atoms with Crippen molar-refractivity contribution in [2.24, 2.45) is 5.92 Å². The maximum absolute atomic E-state index is 13.5. The highest BCUT2D eigenvalue weighted by Gasteiger charge is 2.33. The highest BCUT2D eigenvalue weighted by molar-refractivity contribution is 5.85. The van der Waals surface area contributed by atoms with Crippen LogP contribution in [0.5, 0.6) is 0 Å². The van der Waals surface area contributed by atoms with Crippen molar-refractivity contribution in [3.8, 4) is 0 Å². The van der Waals surface area contributed by atoms with Gasteiger partial charge in [0.2, 0.25) is 5.91 Å². The van der Waals surface area contributed by atoms with Crippen LogP contribution >= 0.6 is 0 Å². The predicted molar refractivity (Wildman–Crippen MR) is 119 cm³/mol. The Bertz CT molecular complexity index is 867. The summed E-state index contributed by atoms with van der Waals surface area (Å²) in [6, 6.07) is 13.9. The zero-order valence-electron chi connectivity index (χ0n) is 18.8. The maximum atomic E-state index is 13.5. The molecule has 0 aliphatic carbocycles. The van der Waals surface area contributed by atoms with Gasteiger partial charge in [-0.15, -0.1) is 0 Å². The number of rotatable bonds is 5. The highest BCUT2D eigenvalue weighted by atomic mass is 16.2. The van der Waals surface area contributed by atoms with E-state index in [9.17, 15) is 9.59 Å². The Balaban J connectivity index is 1.85. The van der Waals surface area contributed by atoms with E-state index < -0.39 is 0 Å². The van der Waals surface area contributed by atoms with Crippen LogP contribution in [0.1, 0.15) is 51.9 Å². The molecule has 0 saturated heterocycles. The van der Waals surface area contributed by atoms with E-state index in [1.165, 1.54) is 0 Å². The molecule has 30 heavy (non-hydrogen) atoms. The van der Waals surface area contributed by atoms with Crippen molar-refractivity contribution in [2.45, 2.75) is 52.7 Å². The molecule has 3 amide bonds. The number of hydrogen-bond acceptors (Lipinski definition) is 2. The number of aromatic nitrogens is 1. The third-order valence-electron chi connectivity index (χ3n) is 5.15. The monoisotopic (exact) mass is 410 g/mol. The van der Waals surface area contributed by atoms with Gasteiger partial charge in [-0.05, 0) is 44.4 Å². The molecule has 0 radical (unpaired) electrons. The zero-order chi connectivity index (χ0) is 21.9. The fourth-order valence-corrected chi connectivity index (χ4v) is 3.95. The summed E-state index contributed by atoms with van der Waals surface area (Å²) in [6.07, 6.45) is 2.06. The third-order valence-corrected chi connectivity index (χ3v) is 5.15. The molecule has 0 saturated carbocycles. The van der Waals surface area contributed by atoms with Crippen LogP contribution in [-0.2, 0) is 11.3 Å². The molecule has 3 rings (SSSR count). The number of hydrogen-bond donors (Lipinski definition) is 1. The normalized spacial score (nSPS) is 16.3. The second-order valence-corrected chi connectivity index (χ2v) is 9.48. The third kappa shape index (κ3) is 5.23. The van der Waals surface area contributed by atoms with Crippen LogP contribution in [-0.4, -0.2) is 51.5 Å². The molecule has 1 aromatic heterocycles. The van der Waals surface area contributed by atoms with Crippen LogP contribution in [0, 0.1) is 5.92 Å². The summed E-state index contributed by atoms with van der Waals surface area (Å²) < 4.78 is 2.21. The van der Waals surface area contributed by atoms with E-state index in [0.717, 1.165) is 17.8 Å². The first-order valence-electron chi connectivity index (χ1n) is 10.7. The second-order valence-electron chi connectivity index (χ2n) is 9.48. The minimum absolute atomic E-state index is 0.0268. The zero-order valence-corrected chi connectivity index (χ0v) is 18.8. The average Bonchev–Trinajstić information content (AvgIpc) is 3.14. The van der Waals surface area contributed by atoms with Crippen molar-refractivity contribution in [2.75, 3.05) is 19.6 Å². The van der Waals surface area contributed by atoms with Gasteiger partial charge in [0.05, 0.1) is 6.04 Å². The topological polar surface area (TPSA) is 57.6 Å². The number of amides is 3. The van der Waals surface area contributed by atoms with Gasteiger partial charge in [0.25, 0.3) is 0 Å². The lowest BCUT2D eigenvalue weighted by atomic mass is 10.00. The summed E-state index contributed by atoms with van der Waals surface area (Å²) in [5, 5.41) is 3.00. The molecule has 6 heteroatoms. The Morgan fingerprint density at radius 3 is 2.43 bits per heavy atom. The molecule has 1 atom stereocenters. The quantitative estimate of drug-likeness (QED) is 0.813. The van der Waals surface area contributed by atoms with Crippen LogP contribution in [0.25, 0.3) is 0 Å². The molecule has 0 spiro atoms. The van der Waals surface area contributed by atoms with E-state index >= 15 is 0 Å². The molecular formula is C24H34N4O2. The van der Waals surface area contributed by atoms with Crippen LogP contribution in [0.2, 0.25) is 0 Å².